The molecule has 0 atom stereocenters. The summed E-state index contributed by atoms with van der Waals surface area (Å²) in [7, 11) is 0. The van der Waals surface area contributed by atoms with E-state index in [-0.39, 0.29) is 12.4 Å². The van der Waals surface area contributed by atoms with Crippen LogP contribution < -0.4 is 10.6 Å². The monoisotopic (exact) mass is 379 g/mol. The molecule has 0 fully saturated rings. The fraction of sp³-hybridized carbons (Fsp3) is 0.176. The number of nitrogens with one attached hydrogen (secondary N) is 2. The van der Waals surface area contributed by atoms with Crippen LogP contribution in [0.15, 0.2) is 42.7 Å². The van der Waals surface area contributed by atoms with Crippen molar-refractivity contribution in [1.29, 1.82) is 0 Å². The fourth-order valence-electron chi connectivity index (χ4n) is 2.88. The smallest absolute Gasteiger partial charge is 0.160 e. The second-order valence-electron chi connectivity index (χ2n) is 5.56. The first-order valence-electron chi connectivity index (χ1n) is 7.65. The highest BCUT2D eigenvalue weighted by Crippen LogP contribution is 2.34. The lowest BCUT2D eigenvalue weighted by Gasteiger charge is -2.16. The predicted molar refractivity (Wildman–Crippen MR) is 99.1 cm³/mol. The standard InChI is InChI=1S/C17H15ClFN5.ClH/c18-12-1-2-14(13(19)9-12)22-17-16(11-3-5-20-6-4-11)15-10-21-7-8-24(15)23-17;/h1-6,9,21H,7-8,10H2,(H,22,23);1H. The number of hydrogen-bond donors (Lipinski definition) is 2. The molecular formula is C17H16Cl2FN5. The number of hydrogen-bond acceptors (Lipinski definition) is 4. The van der Waals surface area contributed by atoms with Crippen molar-refractivity contribution in [2.45, 2.75) is 13.1 Å². The van der Waals surface area contributed by atoms with E-state index in [9.17, 15) is 4.39 Å². The Morgan fingerprint density at radius 1 is 1.20 bits per heavy atom. The van der Waals surface area contributed by atoms with Crippen molar-refractivity contribution in [1.82, 2.24) is 20.1 Å². The molecule has 0 unspecified atom stereocenters. The minimum Gasteiger partial charge on any atom is -0.336 e. The van der Waals surface area contributed by atoms with E-state index >= 15 is 0 Å². The van der Waals surface area contributed by atoms with Crippen molar-refractivity contribution in [2.24, 2.45) is 0 Å². The van der Waals surface area contributed by atoms with Gasteiger partial charge in [0.05, 0.1) is 17.9 Å². The van der Waals surface area contributed by atoms with Crippen LogP contribution in [-0.2, 0) is 13.1 Å². The van der Waals surface area contributed by atoms with Gasteiger partial charge in [-0.05, 0) is 35.9 Å². The predicted octanol–water partition coefficient (Wildman–Crippen LogP) is 4.01. The molecule has 8 heteroatoms. The van der Waals surface area contributed by atoms with Gasteiger partial charge in [-0.3, -0.25) is 9.67 Å². The van der Waals surface area contributed by atoms with Crippen LogP contribution in [0, 0.1) is 5.82 Å². The van der Waals surface area contributed by atoms with Gasteiger partial charge in [0.1, 0.15) is 5.82 Å². The van der Waals surface area contributed by atoms with Gasteiger partial charge in [0, 0.05) is 36.1 Å². The Morgan fingerprint density at radius 3 is 2.76 bits per heavy atom. The SMILES string of the molecule is Cl.Fc1cc(Cl)ccc1Nc1nn2c(c1-c1ccncc1)CNCC2. The minimum atomic E-state index is -0.410. The van der Waals surface area contributed by atoms with Gasteiger partial charge in [-0.1, -0.05) is 11.6 Å². The van der Waals surface area contributed by atoms with E-state index in [4.69, 9.17) is 11.6 Å². The molecule has 0 spiro atoms. The number of rotatable bonds is 3. The zero-order chi connectivity index (χ0) is 16.5. The summed E-state index contributed by atoms with van der Waals surface area (Å²) in [5.41, 5.74) is 3.37. The summed E-state index contributed by atoms with van der Waals surface area (Å²) in [5, 5.41) is 11.5. The third-order valence-corrected chi connectivity index (χ3v) is 4.24. The average molecular weight is 380 g/mol. The first-order chi connectivity index (χ1) is 11.7. The number of pyridine rings is 1. The Labute approximate surface area is 155 Å². The molecule has 0 radical (unpaired) electrons. The highest BCUT2D eigenvalue weighted by atomic mass is 35.5. The fourth-order valence-corrected chi connectivity index (χ4v) is 3.04. The normalized spacial score (nSPS) is 13.0. The van der Waals surface area contributed by atoms with E-state index in [0.717, 1.165) is 36.5 Å². The number of benzene rings is 1. The van der Waals surface area contributed by atoms with Gasteiger partial charge >= 0.3 is 0 Å². The highest BCUT2D eigenvalue weighted by Gasteiger charge is 2.22. The van der Waals surface area contributed by atoms with Crippen molar-refractivity contribution in [3.8, 4) is 11.1 Å². The Balaban J connectivity index is 0.00000182. The molecule has 2 N–H and O–H groups in total. The summed E-state index contributed by atoms with van der Waals surface area (Å²) in [5.74, 6) is 0.216. The molecule has 25 heavy (non-hydrogen) atoms. The molecule has 3 aromatic rings. The number of halogens is 3. The highest BCUT2D eigenvalue weighted by molar-refractivity contribution is 6.30. The lowest BCUT2D eigenvalue weighted by molar-refractivity contribution is 0.477. The second-order valence-corrected chi connectivity index (χ2v) is 5.99. The van der Waals surface area contributed by atoms with Crippen LogP contribution in [0.25, 0.3) is 11.1 Å². The molecule has 0 amide bonds. The number of anilines is 2. The molecule has 4 rings (SSSR count). The first kappa shape index (κ1) is 17.7. The van der Waals surface area contributed by atoms with Gasteiger partial charge in [-0.2, -0.15) is 5.10 Å². The van der Waals surface area contributed by atoms with Gasteiger partial charge in [0.25, 0.3) is 0 Å². The van der Waals surface area contributed by atoms with Crippen molar-refractivity contribution in [3.63, 3.8) is 0 Å². The van der Waals surface area contributed by atoms with Crippen LogP contribution in [0.1, 0.15) is 5.69 Å². The number of aromatic nitrogens is 3. The van der Waals surface area contributed by atoms with Crippen LogP contribution in [0.4, 0.5) is 15.9 Å². The van der Waals surface area contributed by atoms with Crippen LogP contribution in [0.5, 0.6) is 0 Å². The van der Waals surface area contributed by atoms with Crippen LogP contribution in [0.3, 0.4) is 0 Å². The lowest BCUT2D eigenvalue weighted by atomic mass is 10.1. The quantitative estimate of drug-likeness (QED) is 0.721. The van der Waals surface area contributed by atoms with Crippen molar-refractivity contribution >= 4 is 35.5 Å². The zero-order valence-corrected chi connectivity index (χ0v) is 14.7. The van der Waals surface area contributed by atoms with Gasteiger partial charge in [-0.25, -0.2) is 4.39 Å². The van der Waals surface area contributed by atoms with Crippen molar-refractivity contribution in [3.05, 3.63) is 59.3 Å². The maximum atomic E-state index is 14.1. The number of fused-ring (bicyclic) bond motifs is 1. The topological polar surface area (TPSA) is 54.8 Å². The molecule has 0 saturated carbocycles. The maximum Gasteiger partial charge on any atom is 0.160 e. The maximum absolute atomic E-state index is 14.1. The van der Waals surface area contributed by atoms with Crippen LogP contribution in [0.2, 0.25) is 5.02 Å². The summed E-state index contributed by atoms with van der Waals surface area (Å²) in [6.07, 6.45) is 3.48. The minimum absolute atomic E-state index is 0. The summed E-state index contributed by atoms with van der Waals surface area (Å²) in [6.45, 7) is 2.35. The Morgan fingerprint density at radius 2 is 2.00 bits per heavy atom. The third kappa shape index (κ3) is 3.46. The molecule has 0 aliphatic carbocycles. The van der Waals surface area contributed by atoms with Gasteiger partial charge < -0.3 is 10.6 Å². The molecule has 5 nitrogen and oxygen atoms in total. The summed E-state index contributed by atoms with van der Waals surface area (Å²) in [4.78, 5) is 4.07. The number of nitrogens with zero attached hydrogens (tertiary/aromatic N) is 3. The molecule has 1 aromatic carbocycles. The van der Waals surface area contributed by atoms with E-state index < -0.39 is 5.82 Å². The largest absolute Gasteiger partial charge is 0.336 e. The van der Waals surface area contributed by atoms with E-state index in [1.807, 2.05) is 16.8 Å². The molecule has 2 aromatic heterocycles. The lowest BCUT2D eigenvalue weighted by Crippen LogP contribution is -2.28. The molecule has 130 valence electrons. The molecule has 1 aliphatic rings. The Hall–Kier alpha value is -2.15. The van der Waals surface area contributed by atoms with Gasteiger partial charge in [-0.15, -0.1) is 12.4 Å². The van der Waals surface area contributed by atoms with E-state index in [1.165, 1.54) is 6.07 Å². The average Bonchev–Trinajstić information content (AvgIpc) is 2.96. The summed E-state index contributed by atoms with van der Waals surface area (Å²) >= 11 is 5.83. The third-order valence-electron chi connectivity index (χ3n) is 4.00. The summed E-state index contributed by atoms with van der Waals surface area (Å²) < 4.78 is 16.1. The van der Waals surface area contributed by atoms with Gasteiger partial charge in [0.2, 0.25) is 0 Å². The van der Waals surface area contributed by atoms with E-state index in [2.05, 4.69) is 20.7 Å². The van der Waals surface area contributed by atoms with E-state index in [1.54, 1.807) is 24.5 Å². The van der Waals surface area contributed by atoms with Crippen molar-refractivity contribution < 1.29 is 4.39 Å². The molecular weight excluding hydrogens is 364 g/mol. The molecule has 0 saturated heterocycles. The Bertz CT molecular complexity index is 882. The van der Waals surface area contributed by atoms with Crippen LogP contribution >= 0.6 is 24.0 Å². The molecule has 1 aliphatic heterocycles. The second kappa shape index (κ2) is 7.39. The first-order valence-corrected chi connectivity index (χ1v) is 8.03. The Kier molecular flexibility index (Phi) is 5.22. The zero-order valence-electron chi connectivity index (χ0n) is 13.2. The van der Waals surface area contributed by atoms with Gasteiger partial charge in [0.15, 0.2) is 5.82 Å². The van der Waals surface area contributed by atoms with E-state index in [0.29, 0.717) is 16.5 Å². The molecule has 3 heterocycles. The van der Waals surface area contributed by atoms with Crippen molar-refractivity contribution in [2.75, 3.05) is 11.9 Å². The van der Waals surface area contributed by atoms with Crippen LogP contribution in [-0.4, -0.2) is 21.3 Å². The summed E-state index contributed by atoms with van der Waals surface area (Å²) in [6, 6.07) is 8.40. The molecule has 0 bridgehead atoms.